The largest absolute Gasteiger partial charge is 0.419 e. The van der Waals surface area contributed by atoms with Gasteiger partial charge in [0.05, 0.1) is 17.6 Å². The number of amides is 1. The summed E-state index contributed by atoms with van der Waals surface area (Å²) in [6, 6.07) is 2.42. The van der Waals surface area contributed by atoms with E-state index in [1.54, 1.807) is 0 Å². The van der Waals surface area contributed by atoms with Gasteiger partial charge in [-0.1, -0.05) is 0 Å². The van der Waals surface area contributed by atoms with Crippen molar-refractivity contribution >= 4 is 11.6 Å². The van der Waals surface area contributed by atoms with Gasteiger partial charge in [0.25, 0.3) is 0 Å². The van der Waals surface area contributed by atoms with Gasteiger partial charge in [-0.3, -0.25) is 4.79 Å². The first-order chi connectivity index (χ1) is 10.8. The Morgan fingerprint density at radius 3 is 2.57 bits per heavy atom. The summed E-state index contributed by atoms with van der Waals surface area (Å²) in [5.41, 5.74) is -2.29. The number of hydrogen-bond donors (Lipinski definition) is 2. The van der Waals surface area contributed by atoms with E-state index >= 15 is 0 Å². The normalized spacial score (nSPS) is 17.8. The molecule has 0 radical (unpaired) electrons. The van der Waals surface area contributed by atoms with E-state index in [9.17, 15) is 22.4 Å². The topological polar surface area (TPSA) is 50.4 Å². The Bertz CT molecular complexity index is 564. The van der Waals surface area contributed by atoms with Gasteiger partial charge in [0.2, 0.25) is 5.91 Å². The summed E-state index contributed by atoms with van der Waals surface area (Å²) in [5, 5.41) is 5.58. The third-order valence-corrected chi connectivity index (χ3v) is 3.99. The van der Waals surface area contributed by atoms with Crippen molar-refractivity contribution in [2.75, 3.05) is 32.1 Å². The van der Waals surface area contributed by atoms with Gasteiger partial charge in [-0.05, 0) is 44.1 Å². The molecule has 1 heterocycles. The molecule has 4 nitrogen and oxygen atoms in total. The second kappa shape index (κ2) is 6.84. The summed E-state index contributed by atoms with van der Waals surface area (Å²) < 4.78 is 56.6. The van der Waals surface area contributed by atoms with Gasteiger partial charge in [-0.2, -0.15) is 13.2 Å². The first-order valence-corrected chi connectivity index (χ1v) is 7.16. The number of anilines is 1. The molecule has 1 saturated heterocycles. The predicted octanol–water partition coefficient (Wildman–Crippen LogP) is 2.80. The van der Waals surface area contributed by atoms with E-state index in [-0.39, 0.29) is 12.3 Å². The van der Waals surface area contributed by atoms with Gasteiger partial charge >= 0.3 is 6.18 Å². The Balaban J connectivity index is 2.22. The molecule has 0 bridgehead atoms. The predicted molar refractivity (Wildman–Crippen MR) is 76.4 cm³/mol. The van der Waals surface area contributed by atoms with E-state index in [1.165, 1.54) is 7.11 Å². The summed E-state index contributed by atoms with van der Waals surface area (Å²) in [6.45, 7) is 1.41. The smallest absolute Gasteiger partial charge is 0.384 e. The first-order valence-electron chi connectivity index (χ1n) is 7.16. The molecule has 1 aromatic rings. The molecular formula is C15H18F4N2O2. The lowest BCUT2D eigenvalue weighted by Gasteiger charge is -2.35. The highest BCUT2D eigenvalue weighted by atomic mass is 19.4. The Hall–Kier alpha value is -1.67. The minimum atomic E-state index is -4.82. The number of halogens is 4. The fourth-order valence-corrected chi connectivity index (χ4v) is 2.70. The van der Waals surface area contributed by atoms with Crippen LogP contribution in [0.1, 0.15) is 18.4 Å². The maximum absolute atomic E-state index is 13.3. The molecule has 0 aromatic heterocycles. The lowest BCUT2D eigenvalue weighted by molar-refractivity contribution is -0.140. The molecule has 128 valence electrons. The maximum Gasteiger partial charge on any atom is 0.419 e. The van der Waals surface area contributed by atoms with Crippen LogP contribution in [0.5, 0.6) is 0 Å². The van der Waals surface area contributed by atoms with Crippen LogP contribution in [0, 0.1) is 11.2 Å². The number of ether oxygens (including phenoxy) is 1. The van der Waals surface area contributed by atoms with Crippen LogP contribution in [0.15, 0.2) is 18.2 Å². The molecule has 1 fully saturated rings. The third kappa shape index (κ3) is 4.00. The molecule has 1 aliphatic heterocycles. The van der Waals surface area contributed by atoms with Crippen molar-refractivity contribution in [3.05, 3.63) is 29.6 Å². The summed E-state index contributed by atoms with van der Waals surface area (Å²) in [4.78, 5) is 12.5. The van der Waals surface area contributed by atoms with E-state index in [0.29, 0.717) is 38.1 Å². The molecule has 1 aromatic carbocycles. The number of carbonyl (C=O) groups excluding carboxylic acids is 1. The quantitative estimate of drug-likeness (QED) is 0.833. The van der Waals surface area contributed by atoms with Crippen molar-refractivity contribution in [1.82, 2.24) is 5.32 Å². The van der Waals surface area contributed by atoms with Crippen LogP contribution >= 0.6 is 0 Å². The Labute approximate surface area is 131 Å². The summed E-state index contributed by atoms with van der Waals surface area (Å²) in [7, 11) is 1.47. The number of alkyl halides is 3. The van der Waals surface area contributed by atoms with Crippen LogP contribution in [-0.2, 0) is 15.7 Å². The van der Waals surface area contributed by atoms with E-state index in [0.717, 1.165) is 6.07 Å². The average molecular weight is 334 g/mol. The third-order valence-electron chi connectivity index (χ3n) is 3.99. The molecule has 0 atom stereocenters. The second-order valence-corrected chi connectivity index (χ2v) is 5.61. The van der Waals surface area contributed by atoms with Crippen molar-refractivity contribution in [2.24, 2.45) is 5.41 Å². The van der Waals surface area contributed by atoms with Crippen molar-refractivity contribution < 1.29 is 27.1 Å². The lowest BCUT2D eigenvalue weighted by Crippen LogP contribution is -2.47. The number of piperidine rings is 1. The van der Waals surface area contributed by atoms with E-state index in [2.05, 4.69) is 10.6 Å². The number of hydrogen-bond acceptors (Lipinski definition) is 3. The maximum atomic E-state index is 13.3. The zero-order valence-corrected chi connectivity index (χ0v) is 12.6. The standard InChI is InChI=1S/C15H18F4N2O2/c1-23-9-14(4-6-20-7-5-14)13(22)21-10-2-3-12(16)11(8-10)15(17,18)19/h2-3,8,20H,4-7,9H2,1H3,(H,21,22). The van der Waals surface area contributed by atoms with Crippen LogP contribution in [0.25, 0.3) is 0 Å². The lowest BCUT2D eigenvalue weighted by atomic mass is 9.78. The fourth-order valence-electron chi connectivity index (χ4n) is 2.70. The molecule has 8 heteroatoms. The Morgan fingerprint density at radius 2 is 2.00 bits per heavy atom. The molecule has 23 heavy (non-hydrogen) atoms. The SMILES string of the molecule is COCC1(C(=O)Nc2ccc(F)c(C(F)(F)F)c2)CCNCC1. The first kappa shape index (κ1) is 17.7. The number of methoxy groups -OCH3 is 1. The van der Waals surface area contributed by atoms with E-state index in [4.69, 9.17) is 4.74 Å². The number of nitrogens with one attached hydrogen (secondary N) is 2. The molecule has 2 rings (SSSR count). The summed E-state index contributed by atoms with van der Waals surface area (Å²) in [6.07, 6.45) is -3.79. The molecular weight excluding hydrogens is 316 g/mol. The monoisotopic (exact) mass is 334 g/mol. The van der Waals surface area contributed by atoms with Crippen LogP contribution < -0.4 is 10.6 Å². The molecule has 1 amide bonds. The molecule has 2 N–H and O–H groups in total. The van der Waals surface area contributed by atoms with Gasteiger partial charge in [-0.25, -0.2) is 4.39 Å². The van der Waals surface area contributed by atoms with Crippen molar-refractivity contribution in [2.45, 2.75) is 19.0 Å². The van der Waals surface area contributed by atoms with Gasteiger partial charge < -0.3 is 15.4 Å². The van der Waals surface area contributed by atoms with Gasteiger partial charge in [0.1, 0.15) is 5.82 Å². The van der Waals surface area contributed by atoms with E-state index < -0.39 is 28.9 Å². The Kier molecular flexibility index (Phi) is 5.26. The van der Waals surface area contributed by atoms with Gasteiger partial charge in [0, 0.05) is 12.8 Å². The summed E-state index contributed by atoms with van der Waals surface area (Å²) in [5.74, 6) is -1.79. The van der Waals surface area contributed by atoms with Crippen molar-refractivity contribution in [3.63, 3.8) is 0 Å². The molecule has 0 aliphatic carbocycles. The fraction of sp³-hybridized carbons (Fsp3) is 0.533. The molecule has 0 unspecified atom stereocenters. The van der Waals surface area contributed by atoms with Crippen molar-refractivity contribution in [3.8, 4) is 0 Å². The van der Waals surface area contributed by atoms with Crippen molar-refractivity contribution in [1.29, 1.82) is 0 Å². The van der Waals surface area contributed by atoms with Crippen LogP contribution in [0.3, 0.4) is 0 Å². The van der Waals surface area contributed by atoms with E-state index in [1.807, 2.05) is 0 Å². The van der Waals surface area contributed by atoms with Crippen LogP contribution in [-0.4, -0.2) is 32.7 Å². The summed E-state index contributed by atoms with van der Waals surface area (Å²) >= 11 is 0. The Morgan fingerprint density at radius 1 is 1.35 bits per heavy atom. The highest BCUT2D eigenvalue weighted by Crippen LogP contribution is 2.34. The van der Waals surface area contributed by atoms with Crippen LogP contribution in [0.2, 0.25) is 0 Å². The highest BCUT2D eigenvalue weighted by molar-refractivity contribution is 5.95. The highest BCUT2D eigenvalue weighted by Gasteiger charge is 2.40. The average Bonchev–Trinajstić information content (AvgIpc) is 2.49. The van der Waals surface area contributed by atoms with Crippen LogP contribution in [0.4, 0.5) is 23.2 Å². The molecule has 0 saturated carbocycles. The minimum absolute atomic E-state index is 0.0854. The molecule has 0 spiro atoms. The van der Waals surface area contributed by atoms with Gasteiger partial charge in [-0.15, -0.1) is 0 Å². The van der Waals surface area contributed by atoms with Gasteiger partial charge in [0.15, 0.2) is 0 Å². The zero-order valence-electron chi connectivity index (χ0n) is 12.6. The number of rotatable bonds is 4. The zero-order chi connectivity index (χ0) is 17.1. The second-order valence-electron chi connectivity index (χ2n) is 5.61. The number of carbonyl (C=O) groups is 1. The molecule has 1 aliphatic rings. The number of benzene rings is 1. The minimum Gasteiger partial charge on any atom is -0.384 e.